The second kappa shape index (κ2) is 7.32. The molecule has 7 nitrogen and oxygen atoms in total. The van der Waals surface area contributed by atoms with E-state index in [1.54, 1.807) is 16.7 Å². The lowest BCUT2D eigenvalue weighted by Gasteiger charge is -2.13. The second-order valence-corrected chi connectivity index (χ2v) is 7.74. The molecule has 0 atom stereocenters. The summed E-state index contributed by atoms with van der Waals surface area (Å²) >= 11 is 2.66. The fraction of sp³-hybridized carbons (Fsp3) is 0.375. The molecular formula is C16H18N4O3S2. The van der Waals surface area contributed by atoms with E-state index < -0.39 is 11.2 Å². The van der Waals surface area contributed by atoms with Gasteiger partial charge in [0.2, 0.25) is 5.91 Å². The Bertz CT molecular complexity index is 999. The molecule has 0 aromatic carbocycles. The summed E-state index contributed by atoms with van der Waals surface area (Å²) in [6.07, 6.45) is 0. The van der Waals surface area contributed by atoms with E-state index >= 15 is 0 Å². The first-order valence-corrected chi connectivity index (χ1v) is 9.55. The van der Waals surface area contributed by atoms with E-state index in [9.17, 15) is 14.4 Å². The molecule has 0 aliphatic rings. The standard InChI is InChI=1S/C16H18N4O3S2/c1-10(2)7-20-15(22)14-12(9-25-18-14)19(16(20)23)8-13(21)17-6-11-4-3-5-24-11/h3-5,9-10H,6-8H2,1-2H3,(H,17,21). The van der Waals surface area contributed by atoms with Crippen molar-refractivity contribution in [3.05, 3.63) is 48.6 Å². The number of amides is 1. The maximum atomic E-state index is 12.7. The molecule has 1 amide bonds. The summed E-state index contributed by atoms with van der Waals surface area (Å²) in [5, 5.41) is 6.37. The number of nitrogens with one attached hydrogen (secondary N) is 1. The van der Waals surface area contributed by atoms with E-state index in [1.807, 2.05) is 31.4 Å². The quantitative estimate of drug-likeness (QED) is 0.707. The van der Waals surface area contributed by atoms with Crippen LogP contribution in [0, 0.1) is 5.92 Å². The SMILES string of the molecule is CC(C)Cn1c(=O)c2nscc2n(CC(=O)NCc2cccs2)c1=O. The molecule has 25 heavy (non-hydrogen) atoms. The van der Waals surface area contributed by atoms with Gasteiger partial charge >= 0.3 is 5.69 Å². The van der Waals surface area contributed by atoms with Crippen LogP contribution in [0.5, 0.6) is 0 Å². The van der Waals surface area contributed by atoms with Gasteiger partial charge in [-0.15, -0.1) is 11.3 Å². The molecule has 0 bridgehead atoms. The number of fused-ring (bicyclic) bond motifs is 1. The Morgan fingerprint density at radius 2 is 2.12 bits per heavy atom. The number of hydrogen-bond donors (Lipinski definition) is 1. The summed E-state index contributed by atoms with van der Waals surface area (Å²) < 4.78 is 6.59. The Balaban J connectivity index is 1.92. The largest absolute Gasteiger partial charge is 0.350 e. The monoisotopic (exact) mass is 378 g/mol. The zero-order valence-electron chi connectivity index (χ0n) is 13.9. The lowest BCUT2D eigenvalue weighted by molar-refractivity contribution is -0.121. The minimum Gasteiger partial charge on any atom is -0.350 e. The second-order valence-electron chi connectivity index (χ2n) is 6.08. The molecule has 3 rings (SSSR count). The van der Waals surface area contributed by atoms with Gasteiger partial charge in [-0.25, -0.2) is 4.79 Å². The highest BCUT2D eigenvalue weighted by Crippen LogP contribution is 2.10. The van der Waals surface area contributed by atoms with E-state index in [4.69, 9.17) is 0 Å². The molecule has 1 N–H and O–H groups in total. The molecule has 0 spiro atoms. The van der Waals surface area contributed by atoms with Crippen LogP contribution in [0.2, 0.25) is 0 Å². The topological polar surface area (TPSA) is 86.0 Å². The van der Waals surface area contributed by atoms with Crippen molar-refractivity contribution in [1.29, 1.82) is 0 Å². The van der Waals surface area contributed by atoms with Gasteiger partial charge in [-0.3, -0.25) is 18.7 Å². The number of carbonyl (C=O) groups is 1. The van der Waals surface area contributed by atoms with Crippen molar-refractivity contribution < 1.29 is 4.79 Å². The summed E-state index contributed by atoms with van der Waals surface area (Å²) in [5.74, 6) is -0.152. The molecule has 0 saturated carbocycles. The van der Waals surface area contributed by atoms with Gasteiger partial charge in [0.25, 0.3) is 5.56 Å². The lowest BCUT2D eigenvalue weighted by atomic mass is 10.2. The van der Waals surface area contributed by atoms with Gasteiger partial charge in [-0.05, 0) is 28.9 Å². The van der Waals surface area contributed by atoms with E-state index in [1.165, 1.54) is 9.13 Å². The normalized spacial score (nSPS) is 11.3. The zero-order chi connectivity index (χ0) is 18.0. The van der Waals surface area contributed by atoms with Crippen LogP contribution in [0.3, 0.4) is 0 Å². The summed E-state index contributed by atoms with van der Waals surface area (Å²) in [5.41, 5.74) is -0.231. The Kier molecular flexibility index (Phi) is 5.14. The van der Waals surface area contributed by atoms with Crippen LogP contribution in [-0.2, 0) is 24.4 Å². The first-order chi connectivity index (χ1) is 12.0. The van der Waals surface area contributed by atoms with E-state index in [0.29, 0.717) is 18.6 Å². The molecule has 0 fully saturated rings. The number of nitrogens with zero attached hydrogens (tertiary/aromatic N) is 3. The molecule has 3 aromatic rings. The van der Waals surface area contributed by atoms with Crippen molar-refractivity contribution in [2.75, 3.05) is 0 Å². The molecular weight excluding hydrogens is 360 g/mol. The van der Waals surface area contributed by atoms with Crippen molar-refractivity contribution in [2.45, 2.75) is 33.5 Å². The van der Waals surface area contributed by atoms with Crippen molar-refractivity contribution in [1.82, 2.24) is 18.8 Å². The maximum Gasteiger partial charge on any atom is 0.332 e. The Labute approximate surface area is 151 Å². The summed E-state index contributed by atoms with van der Waals surface area (Å²) in [6, 6.07) is 3.85. The minimum atomic E-state index is -0.474. The van der Waals surface area contributed by atoms with Crippen molar-refractivity contribution in [2.24, 2.45) is 5.92 Å². The first kappa shape index (κ1) is 17.6. The van der Waals surface area contributed by atoms with Gasteiger partial charge in [0, 0.05) is 16.8 Å². The third-order valence-corrected chi connectivity index (χ3v) is 5.13. The summed E-state index contributed by atoms with van der Waals surface area (Å²) in [6.45, 7) is 4.42. The molecule has 0 unspecified atom stereocenters. The van der Waals surface area contributed by atoms with Crippen LogP contribution in [-0.4, -0.2) is 19.4 Å². The minimum absolute atomic E-state index is 0.127. The molecule has 0 saturated heterocycles. The van der Waals surface area contributed by atoms with Gasteiger partial charge in [0.1, 0.15) is 6.54 Å². The fourth-order valence-electron chi connectivity index (χ4n) is 2.51. The van der Waals surface area contributed by atoms with Crippen molar-refractivity contribution in [3.63, 3.8) is 0 Å². The van der Waals surface area contributed by atoms with Gasteiger partial charge in [0.05, 0.1) is 12.1 Å². The predicted molar refractivity (Wildman–Crippen MR) is 99.1 cm³/mol. The van der Waals surface area contributed by atoms with Gasteiger partial charge in [-0.2, -0.15) is 4.37 Å². The molecule has 0 aliphatic carbocycles. The van der Waals surface area contributed by atoms with Crippen molar-refractivity contribution >= 4 is 39.8 Å². The third kappa shape index (κ3) is 3.72. The zero-order valence-corrected chi connectivity index (χ0v) is 15.5. The van der Waals surface area contributed by atoms with Gasteiger partial charge in [0.15, 0.2) is 5.52 Å². The molecule has 0 aliphatic heterocycles. The molecule has 0 radical (unpaired) electrons. The fourth-order valence-corrected chi connectivity index (χ4v) is 3.83. The van der Waals surface area contributed by atoms with Crippen LogP contribution >= 0.6 is 22.9 Å². The molecule has 132 valence electrons. The van der Waals surface area contributed by atoms with E-state index in [2.05, 4.69) is 9.69 Å². The highest BCUT2D eigenvalue weighted by Gasteiger charge is 2.17. The predicted octanol–water partition coefficient (Wildman–Crippen LogP) is 1.65. The molecule has 9 heteroatoms. The van der Waals surface area contributed by atoms with Crippen LogP contribution in [0.1, 0.15) is 18.7 Å². The Morgan fingerprint density at radius 3 is 2.80 bits per heavy atom. The lowest BCUT2D eigenvalue weighted by Crippen LogP contribution is -2.43. The number of rotatable bonds is 6. The maximum absolute atomic E-state index is 12.7. The van der Waals surface area contributed by atoms with Crippen LogP contribution < -0.4 is 16.6 Å². The van der Waals surface area contributed by atoms with Crippen LogP contribution in [0.15, 0.2) is 32.5 Å². The number of hydrogen-bond acceptors (Lipinski definition) is 6. The van der Waals surface area contributed by atoms with Gasteiger partial charge < -0.3 is 5.32 Å². The summed E-state index contributed by atoms with van der Waals surface area (Å²) in [4.78, 5) is 38.5. The highest BCUT2D eigenvalue weighted by molar-refractivity contribution is 7.09. The van der Waals surface area contributed by atoms with E-state index in [0.717, 1.165) is 16.4 Å². The van der Waals surface area contributed by atoms with Gasteiger partial charge in [-0.1, -0.05) is 19.9 Å². The highest BCUT2D eigenvalue weighted by atomic mass is 32.1. The third-order valence-electron chi connectivity index (χ3n) is 3.64. The number of aromatic nitrogens is 3. The van der Waals surface area contributed by atoms with Crippen LogP contribution in [0.25, 0.3) is 11.0 Å². The number of carbonyl (C=O) groups excluding carboxylic acids is 1. The first-order valence-electron chi connectivity index (χ1n) is 7.84. The van der Waals surface area contributed by atoms with Crippen molar-refractivity contribution in [3.8, 4) is 0 Å². The van der Waals surface area contributed by atoms with Crippen LogP contribution in [0.4, 0.5) is 0 Å². The number of thiophene rings is 1. The average Bonchev–Trinajstić information content (AvgIpc) is 3.24. The Hall–Kier alpha value is -2.26. The molecule has 3 aromatic heterocycles. The average molecular weight is 378 g/mol. The molecule has 3 heterocycles. The summed E-state index contributed by atoms with van der Waals surface area (Å²) in [7, 11) is 0. The smallest absolute Gasteiger partial charge is 0.332 e. The Morgan fingerprint density at radius 1 is 1.32 bits per heavy atom. The van der Waals surface area contributed by atoms with E-state index in [-0.39, 0.29) is 23.9 Å².